The van der Waals surface area contributed by atoms with E-state index >= 15 is 0 Å². The topological polar surface area (TPSA) is 45.6 Å². The lowest BCUT2D eigenvalue weighted by molar-refractivity contribution is 0.0731. The van der Waals surface area contributed by atoms with Gasteiger partial charge in [0.25, 0.3) is 5.91 Å². The Morgan fingerprint density at radius 3 is 2.39 bits per heavy atom. The molecule has 33 heavy (non-hydrogen) atoms. The Kier molecular flexibility index (Phi) is 7.09. The molecule has 4 rings (SSSR count). The fourth-order valence-electron chi connectivity index (χ4n) is 4.66. The molecule has 0 atom stereocenters. The first-order chi connectivity index (χ1) is 15.9. The molecule has 0 radical (unpaired) electrons. The van der Waals surface area contributed by atoms with Gasteiger partial charge in [-0.2, -0.15) is 0 Å². The summed E-state index contributed by atoms with van der Waals surface area (Å²) in [6, 6.07) is 20.2. The Balaban J connectivity index is 1.71. The van der Waals surface area contributed by atoms with Crippen LogP contribution in [0.5, 0.6) is 0 Å². The number of pyridine rings is 1. The first-order valence-corrected chi connectivity index (χ1v) is 11.7. The molecule has 3 aromatic rings. The smallest absolute Gasteiger partial charge is 0.259 e. The van der Waals surface area contributed by atoms with E-state index in [2.05, 4.69) is 33.7 Å². The summed E-state index contributed by atoms with van der Waals surface area (Å²) in [5.74, 6) is -0.142. The average Bonchev–Trinajstić information content (AvgIpc) is 2.82. The molecule has 1 aliphatic rings. The van der Waals surface area contributed by atoms with Crippen molar-refractivity contribution in [2.24, 2.45) is 0 Å². The third-order valence-electron chi connectivity index (χ3n) is 6.52. The Hall–Kier alpha value is -3.18. The third kappa shape index (κ3) is 5.25. The summed E-state index contributed by atoms with van der Waals surface area (Å²) in [5, 5.41) is 0. The number of amides is 1. The quantitative estimate of drug-likeness (QED) is 0.559. The van der Waals surface area contributed by atoms with Gasteiger partial charge in [-0.25, -0.2) is 0 Å². The van der Waals surface area contributed by atoms with E-state index in [9.17, 15) is 9.59 Å². The van der Waals surface area contributed by atoms with Crippen molar-refractivity contribution in [3.63, 3.8) is 0 Å². The normalized spacial score (nSPS) is 13.3. The van der Waals surface area contributed by atoms with E-state index in [1.165, 1.54) is 16.7 Å². The fraction of sp³-hybridized carbons (Fsp3) is 0.357. The summed E-state index contributed by atoms with van der Waals surface area (Å²) in [5.41, 5.74) is 5.60. The maximum Gasteiger partial charge on any atom is 0.259 e. The van der Waals surface area contributed by atoms with Gasteiger partial charge in [0.15, 0.2) is 5.43 Å². The number of aryl methyl sites for hydroxylation is 2. The van der Waals surface area contributed by atoms with Crippen LogP contribution >= 0.6 is 0 Å². The molecular weight excluding hydrogens is 410 g/mol. The molecule has 0 unspecified atom stereocenters. The molecule has 0 bridgehead atoms. The van der Waals surface area contributed by atoms with Crippen LogP contribution in [-0.2, 0) is 32.4 Å². The van der Waals surface area contributed by atoms with Crippen LogP contribution in [0, 0.1) is 6.92 Å². The lowest BCUT2D eigenvalue weighted by atomic mass is 9.98. The van der Waals surface area contributed by atoms with E-state index in [1.807, 2.05) is 56.3 Å². The lowest BCUT2D eigenvalue weighted by Crippen LogP contribution is -2.40. The molecule has 172 valence electrons. The molecule has 1 aliphatic heterocycles. The number of rotatable bonds is 7. The van der Waals surface area contributed by atoms with E-state index in [0.717, 1.165) is 37.3 Å². The fourth-order valence-corrected chi connectivity index (χ4v) is 4.66. The van der Waals surface area contributed by atoms with Crippen molar-refractivity contribution in [3.05, 3.63) is 105 Å². The highest BCUT2D eigenvalue weighted by Gasteiger charge is 2.27. The maximum atomic E-state index is 13.8. The number of nitrogens with zero attached hydrogens (tertiary/aromatic N) is 3. The highest BCUT2D eigenvalue weighted by molar-refractivity contribution is 5.95. The van der Waals surface area contributed by atoms with Crippen LogP contribution in [0.2, 0.25) is 0 Å². The standard InChI is InChI=1S/C28H33N3O2/c1-21-19-26(32)27(28(33)30-16-15-23-11-7-8-12-24(23)20-30)25(31(21)18-17-29(2)3)14-13-22-9-5-4-6-10-22/h4-12,19H,13-18,20H2,1-3H3. The Morgan fingerprint density at radius 1 is 0.970 bits per heavy atom. The summed E-state index contributed by atoms with van der Waals surface area (Å²) >= 11 is 0. The van der Waals surface area contributed by atoms with Crippen LogP contribution in [0.3, 0.4) is 0 Å². The first-order valence-electron chi connectivity index (χ1n) is 11.7. The van der Waals surface area contributed by atoms with E-state index < -0.39 is 0 Å². The van der Waals surface area contributed by atoms with Gasteiger partial charge in [0, 0.05) is 43.6 Å². The second-order valence-electron chi connectivity index (χ2n) is 9.16. The van der Waals surface area contributed by atoms with Gasteiger partial charge in [-0.05, 0) is 57.0 Å². The van der Waals surface area contributed by atoms with Crippen LogP contribution in [0.1, 0.15) is 38.4 Å². The molecular formula is C28H33N3O2. The zero-order chi connectivity index (χ0) is 23.4. The minimum Gasteiger partial charge on any atom is -0.347 e. The predicted molar refractivity (Wildman–Crippen MR) is 133 cm³/mol. The molecule has 0 saturated heterocycles. The van der Waals surface area contributed by atoms with Crippen molar-refractivity contribution in [1.29, 1.82) is 0 Å². The van der Waals surface area contributed by atoms with Gasteiger partial charge in [-0.3, -0.25) is 9.59 Å². The van der Waals surface area contributed by atoms with Gasteiger partial charge < -0.3 is 14.4 Å². The predicted octanol–water partition coefficient (Wildman–Crippen LogP) is 3.70. The van der Waals surface area contributed by atoms with Crippen molar-refractivity contribution >= 4 is 5.91 Å². The van der Waals surface area contributed by atoms with Crippen LogP contribution in [0.15, 0.2) is 65.5 Å². The van der Waals surface area contributed by atoms with Gasteiger partial charge in [0.05, 0.1) is 0 Å². The average molecular weight is 444 g/mol. The summed E-state index contributed by atoms with van der Waals surface area (Å²) in [7, 11) is 4.08. The summed E-state index contributed by atoms with van der Waals surface area (Å²) < 4.78 is 2.18. The van der Waals surface area contributed by atoms with Crippen molar-refractivity contribution in [3.8, 4) is 0 Å². The number of carbonyl (C=O) groups excluding carboxylic acids is 1. The Labute approximate surface area is 196 Å². The summed E-state index contributed by atoms with van der Waals surface area (Å²) in [6.07, 6.45) is 2.26. The number of carbonyl (C=O) groups is 1. The molecule has 1 aromatic heterocycles. The molecule has 2 heterocycles. The van der Waals surface area contributed by atoms with Crippen LogP contribution in [0.4, 0.5) is 0 Å². The van der Waals surface area contributed by atoms with Crippen molar-refractivity contribution in [1.82, 2.24) is 14.4 Å². The van der Waals surface area contributed by atoms with Gasteiger partial charge in [0.1, 0.15) is 5.56 Å². The molecule has 0 fully saturated rings. The van der Waals surface area contributed by atoms with E-state index in [0.29, 0.717) is 25.1 Å². The maximum absolute atomic E-state index is 13.8. The largest absolute Gasteiger partial charge is 0.347 e. The van der Waals surface area contributed by atoms with Crippen LogP contribution in [0.25, 0.3) is 0 Å². The van der Waals surface area contributed by atoms with E-state index in [1.54, 1.807) is 6.07 Å². The molecule has 0 N–H and O–H groups in total. The molecule has 0 spiro atoms. The third-order valence-corrected chi connectivity index (χ3v) is 6.52. The summed E-state index contributed by atoms with van der Waals surface area (Å²) in [4.78, 5) is 31.0. The summed E-state index contributed by atoms with van der Waals surface area (Å²) in [6.45, 7) is 4.74. The number of fused-ring (bicyclic) bond motifs is 1. The Morgan fingerprint density at radius 2 is 1.67 bits per heavy atom. The zero-order valence-electron chi connectivity index (χ0n) is 19.9. The second-order valence-corrected chi connectivity index (χ2v) is 9.16. The van der Waals surface area contributed by atoms with Crippen molar-refractivity contribution < 1.29 is 4.79 Å². The number of hydrogen-bond donors (Lipinski definition) is 0. The Bertz CT molecular complexity index is 1180. The van der Waals surface area contributed by atoms with E-state index in [-0.39, 0.29) is 11.3 Å². The van der Waals surface area contributed by atoms with Crippen molar-refractivity contribution in [2.75, 3.05) is 27.2 Å². The second kappa shape index (κ2) is 10.2. The highest BCUT2D eigenvalue weighted by Crippen LogP contribution is 2.22. The number of likely N-dealkylation sites (N-methyl/N-ethyl adjacent to an activating group) is 1. The number of benzene rings is 2. The molecule has 2 aromatic carbocycles. The zero-order valence-corrected chi connectivity index (χ0v) is 19.9. The molecule has 5 nitrogen and oxygen atoms in total. The van der Waals surface area contributed by atoms with Gasteiger partial charge in [0.2, 0.25) is 0 Å². The van der Waals surface area contributed by atoms with Crippen LogP contribution < -0.4 is 5.43 Å². The minimum atomic E-state index is -0.166. The molecule has 0 aliphatic carbocycles. The monoisotopic (exact) mass is 443 g/mol. The minimum absolute atomic E-state index is 0.142. The van der Waals surface area contributed by atoms with Crippen LogP contribution in [-0.4, -0.2) is 47.5 Å². The highest BCUT2D eigenvalue weighted by atomic mass is 16.2. The lowest BCUT2D eigenvalue weighted by Gasteiger charge is -2.30. The molecule has 1 amide bonds. The number of aromatic nitrogens is 1. The van der Waals surface area contributed by atoms with E-state index in [4.69, 9.17) is 0 Å². The SMILES string of the molecule is Cc1cc(=O)c(C(=O)N2CCc3ccccc3C2)c(CCc2ccccc2)n1CCN(C)C. The molecule has 5 heteroatoms. The van der Waals surface area contributed by atoms with Gasteiger partial charge >= 0.3 is 0 Å². The van der Waals surface area contributed by atoms with Gasteiger partial charge in [-0.15, -0.1) is 0 Å². The molecule has 0 saturated carbocycles. The van der Waals surface area contributed by atoms with Crippen molar-refractivity contribution in [2.45, 2.75) is 39.3 Å². The number of hydrogen-bond acceptors (Lipinski definition) is 3. The first kappa shape index (κ1) is 23.0. The van der Waals surface area contributed by atoms with Gasteiger partial charge in [-0.1, -0.05) is 54.6 Å².